The van der Waals surface area contributed by atoms with Crippen LogP contribution in [0.2, 0.25) is 0 Å². The van der Waals surface area contributed by atoms with Crippen LogP contribution in [0.5, 0.6) is 0 Å². The molecule has 1 rings (SSSR count). The van der Waals surface area contributed by atoms with Crippen molar-refractivity contribution in [2.45, 2.75) is 25.6 Å². The molecule has 1 aliphatic heterocycles. The molecule has 0 radical (unpaired) electrons. The Labute approximate surface area is 76.9 Å². The summed E-state index contributed by atoms with van der Waals surface area (Å²) >= 11 is 5.75. The lowest BCUT2D eigenvalue weighted by Crippen LogP contribution is -2.21. The maximum Gasteiger partial charge on any atom is 0.332 e. The second-order valence-electron chi connectivity index (χ2n) is 2.77. The van der Waals surface area contributed by atoms with Gasteiger partial charge in [-0.05, 0) is 31.2 Å². The van der Waals surface area contributed by atoms with E-state index in [0.717, 1.165) is 0 Å². The van der Waals surface area contributed by atoms with Gasteiger partial charge in [0.1, 0.15) is 0 Å². The second kappa shape index (κ2) is 3.41. The molecule has 0 amide bonds. The summed E-state index contributed by atoms with van der Waals surface area (Å²) in [4.78, 5) is 0. The van der Waals surface area contributed by atoms with Gasteiger partial charge >= 0.3 is 6.72 Å². The largest absolute Gasteiger partial charge is 0.484 e. The quantitative estimate of drug-likeness (QED) is 0.672. The Kier molecular flexibility index (Phi) is 2.87. The highest BCUT2D eigenvalue weighted by Gasteiger charge is 2.47. The van der Waals surface area contributed by atoms with Crippen LogP contribution in [-0.4, -0.2) is 11.9 Å². The first-order valence-corrected chi connectivity index (χ1v) is 6.32. The van der Waals surface area contributed by atoms with Gasteiger partial charge in [-0.15, -0.1) is 0 Å². The Morgan fingerprint density at radius 3 is 2.92 bits per heavy atom. The highest BCUT2D eigenvalue weighted by atomic mass is 35.7. The van der Waals surface area contributed by atoms with Gasteiger partial charge in [0.15, 0.2) is 5.34 Å². The number of ether oxygens (including phenoxy) is 1. The summed E-state index contributed by atoms with van der Waals surface area (Å²) in [5, 5.41) is -0.870. The van der Waals surface area contributed by atoms with Crippen molar-refractivity contribution in [3.05, 3.63) is 12.3 Å². The normalized spacial score (nSPS) is 32.9. The van der Waals surface area contributed by atoms with Crippen molar-refractivity contribution in [3.63, 3.8) is 0 Å². The van der Waals surface area contributed by atoms with Crippen molar-refractivity contribution < 1.29 is 13.8 Å². The number of rotatable bonds is 3. The smallest absolute Gasteiger partial charge is 0.332 e. The molecule has 0 saturated carbocycles. The molecule has 2 atom stereocenters. The monoisotopic (exact) mass is 210 g/mol. The Morgan fingerprint density at radius 1 is 1.83 bits per heavy atom. The van der Waals surface area contributed by atoms with E-state index in [-0.39, 0.29) is 0 Å². The van der Waals surface area contributed by atoms with Crippen LogP contribution in [0, 0.1) is 0 Å². The lowest BCUT2D eigenvalue weighted by Gasteiger charge is -2.27. The molecule has 0 aromatic rings. The van der Waals surface area contributed by atoms with Gasteiger partial charge in [-0.3, -0.25) is 4.57 Å². The Bertz CT molecular complexity index is 231. The minimum atomic E-state index is -3.16. The molecule has 0 aromatic heterocycles. The minimum Gasteiger partial charge on any atom is -0.484 e. The minimum absolute atomic E-state index is 0.333. The zero-order chi connectivity index (χ0) is 9.24. The van der Waals surface area contributed by atoms with Crippen LogP contribution in [-0.2, 0) is 13.8 Å². The Balaban J connectivity index is 2.73. The van der Waals surface area contributed by atoms with Crippen molar-refractivity contribution in [2.75, 3.05) is 6.61 Å². The van der Waals surface area contributed by atoms with Crippen LogP contribution in [0.25, 0.3) is 0 Å². The van der Waals surface area contributed by atoms with E-state index < -0.39 is 12.1 Å². The molecule has 0 saturated heterocycles. The Morgan fingerprint density at radius 2 is 2.50 bits per heavy atom. The van der Waals surface area contributed by atoms with E-state index in [1.807, 2.05) is 0 Å². The third kappa shape index (κ3) is 1.68. The van der Waals surface area contributed by atoms with E-state index in [1.54, 1.807) is 19.9 Å². The average molecular weight is 211 g/mol. The fourth-order valence-electron chi connectivity index (χ4n) is 0.984. The molecule has 0 aliphatic carbocycles. The van der Waals surface area contributed by atoms with E-state index in [1.165, 1.54) is 6.26 Å². The van der Waals surface area contributed by atoms with Crippen molar-refractivity contribution in [3.8, 4) is 0 Å². The van der Waals surface area contributed by atoms with Crippen molar-refractivity contribution in [1.29, 1.82) is 0 Å². The number of hydrogen-bond donors (Lipinski definition) is 0. The SMILES string of the molecule is CCOP(=O)(Cl)C1(C)CC=CO1. The van der Waals surface area contributed by atoms with Crippen LogP contribution in [0.1, 0.15) is 20.3 Å². The first-order chi connectivity index (χ1) is 5.52. The molecule has 1 heterocycles. The van der Waals surface area contributed by atoms with Gasteiger partial charge in [0.25, 0.3) is 0 Å². The molecule has 0 bridgehead atoms. The molecule has 2 unspecified atom stereocenters. The first-order valence-electron chi connectivity index (χ1n) is 3.79. The third-order valence-electron chi connectivity index (χ3n) is 1.77. The molecule has 5 heteroatoms. The molecule has 0 aromatic carbocycles. The van der Waals surface area contributed by atoms with Crippen LogP contribution in [0.3, 0.4) is 0 Å². The van der Waals surface area contributed by atoms with E-state index in [2.05, 4.69) is 0 Å². The molecule has 70 valence electrons. The topological polar surface area (TPSA) is 35.5 Å². The van der Waals surface area contributed by atoms with Gasteiger partial charge in [-0.1, -0.05) is 0 Å². The van der Waals surface area contributed by atoms with Crippen LogP contribution < -0.4 is 0 Å². The number of halogens is 1. The second-order valence-corrected chi connectivity index (χ2v) is 6.26. The molecule has 12 heavy (non-hydrogen) atoms. The molecule has 3 nitrogen and oxygen atoms in total. The van der Waals surface area contributed by atoms with Gasteiger partial charge < -0.3 is 9.26 Å². The van der Waals surface area contributed by atoms with Crippen LogP contribution in [0.15, 0.2) is 12.3 Å². The summed E-state index contributed by atoms with van der Waals surface area (Å²) in [6.07, 6.45) is 3.83. The summed E-state index contributed by atoms with van der Waals surface area (Å²) in [5.41, 5.74) is 0. The maximum absolute atomic E-state index is 11.7. The van der Waals surface area contributed by atoms with Gasteiger partial charge in [-0.25, -0.2) is 0 Å². The zero-order valence-electron chi connectivity index (χ0n) is 7.12. The molecule has 1 aliphatic rings. The molecule has 0 N–H and O–H groups in total. The fourth-order valence-corrected chi connectivity index (χ4v) is 2.72. The van der Waals surface area contributed by atoms with Crippen molar-refractivity contribution in [2.24, 2.45) is 0 Å². The maximum atomic E-state index is 11.7. The summed E-state index contributed by atoms with van der Waals surface area (Å²) in [6, 6.07) is 0. The summed E-state index contributed by atoms with van der Waals surface area (Å²) in [6.45, 7) is 0.610. The van der Waals surface area contributed by atoms with Crippen LogP contribution >= 0.6 is 18.0 Å². The lowest BCUT2D eigenvalue weighted by atomic mass is 10.3. The standard InChI is InChI=1S/C7H12ClO3P/c1-3-11-12(8,9)7(2)5-4-6-10-7/h4,6H,3,5H2,1-2H3. The van der Waals surface area contributed by atoms with E-state index in [4.69, 9.17) is 20.5 Å². The van der Waals surface area contributed by atoms with E-state index >= 15 is 0 Å². The van der Waals surface area contributed by atoms with Crippen LogP contribution in [0.4, 0.5) is 0 Å². The predicted molar refractivity (Wildman–Crippen MR) is 48.3 cm³/mol. The Hall–Kier alpha value is 0.0200. The highest BCUT2D eigenvalue weighted by Crippen LogP contribution is 2.66. The van der Waals surface area contributed by atoms with Crippen molar-refractivity contribution >= 4 is 18.0 Å². The van der Waals surface area contributed by atoms with Gasteiger partial charge in [0, 0.05) is 6.42 Å². The summed E-state index contributed by atoms with van der Waals surface area (Å²) < 4.78 is 21.8. The summed E-state index contributed by atoms with van der Waals surface area (Å²) in [5.74, 6) is 0. The molecular formula is C7H12ClO3P. The predicted octanol–water partition coefficient (Wildman–Crippen LogP) is 3.11. The highest BCUT2D eigenvalue weighted by molar-refractivity contribution is 7.86. The zero-order valence-corrected chi connectivity index (χ0v) is 8.77. The first kappa shape index (κ1) is 10.1. The average Bonchev–Trinajstić information content (AvgIpc) is 2.37. The van der Waals surface area contributed by atoms with Gasteiger partial charge in [0.05, 0.1) is 12.9 Å². The van der Waals surface area contributed by atoms with E-state index in [0.29, 0.717) is 13.0 Å². The molecular weight excluding hydrogens is 199 g/mol. The molecule has 0 fully saturated rings. The third-order valence-corrected chi connectivity index (χ3v) is 5.15. The van der Waals surface area contributed by atoms with E-state index in [9.17, 15) is 4.57 Å². The fraction of sp³-hybridized carbons (Fsp3) is 0.714. The molecule has 0 spiro atoms. The number of hydrogen-bond acceptors (Lipinski definition) is 3. The lowest BCUT2D eigenvalue weighted by molar-refractivity contribution is 0.124. The van der Waals surface area contributed by atoms with Gasteiger partial charge in [0.2, 0.25) is 0 Å². The van der Waals surface area contributed by atoms with Crippen molar-refractivity contribution in [1.82, 2.24) is 0 Å². The summed E-state index contributed by atoms with van der Waals surface area (Å²) in [7, 11) is 0. The van der Waals surface area contributed by atoms with Gasteiger partial charge in [-0.2, -0.15) is 0 Å².